The summed E-state index contributed by atoms with van der Waals surface area (Å²) in [6.45, 7) is 1.74. The third-order valence-electron chi connectivity index (χ3n) is 3.20. The van der Waals surface area contributed by atoms with Gasteiger partial charge in [-0.3, -0.25) is 0 Å². The quantitative estimate of drug-likeness (QED) is 0.876. The van der Waals surface area contributed by atoms with E-state index in [0.717, 1.165) is 18.1 Å². The van der Waals surface area contributed by atoms with Gasteiger partial charge in [-0.15, -0.1) is 0 Å². The molecule has 1 N–H and O–H groups in total. The highest BCUT2D eigenvalue weighted by molar-refractivity contribution is 5.28. The molecule has 112 valence electrons. The van der Waals surface area contributed by atoms with Crippen molar-refractivity contribution in [2.75, 3.05) is 0 Å². The number of ether oxygens (including phenoxy) is 1. The lowest BCUT2D eigenvalue weighted by molar-refractivity contribution is 0.185. The van der Waals surface area contributed by atoms with E-state index in [0.29, 0.717) is 12.2 Å². The third-order valence-corrected chi connectivity index (χ3v) is 3.20. The second kappa shape index (κ2) is 7.18. The molecular formula is C17H18F2O2. The van der Waals surface area contributed by atoms with Gasteiger partial charge in [0.05, 0.1) is 6.10 Å². The van der Waals surface area contributed by atoms with Gasteiger partial charge in [0.15, 0.2) is 11.6 Å². The minimum absolute atomic E-state index is 0.0172. The molecule has 0 aliphatic heterocycles. The van der Waals surface area contributed by atoms with E-state index in [-0.39, 0.29) is 18.3 Å². The zero-order valence-electron chi connectivity index (χ0n) is 11.9. The van der Waals surface area contributed by atoms with Gasteiger partial charge in [0.2, 0.25) is 0 Å². The van der Waals surface area contributed by atoms with Gasteiger partial charge in [-0.05, 0) is 43.5 Å². The van der Waals surface area contributed by atoms with Gasteiger partial charge in [0.1, 0.15) is 12.4 Å². The highest BCUT2D eigenvalue weighted by Crippen LogP contribution is 2.17. The van der Waals surface area contributed by atoms with Crippen molar-refractivity contribution in [3.63, 3.8) is 0 Å². The maximum atomic E-state index is 13.5. The Labute approximate surface area is 123 Å². The van der Waals surface area contributed by atoms with Crippen LogP contribution in [0.15, 0.2) is 42.5 Å². The standard InChI is InChI=1S/C17H18F2O2/c1-12(20)5-6-13-7-9-15(10-8-13)21-11-14-3-2-4-16(18)17(14)19/h2-4,7-10,12,20H,5-6,11H2,1H3. The smallest absolute Gasteiger partial charge is 0.165 e. The lowest BCUT2D eigenvalue weighted by atomic mass is 10.1. The summed E-state index contributed by atoms with van der Waals surface area (Å²) in [5.74, 6) is -1.14. The van der Waals surface area contributed by atoms with E-state index in [1.54, 1.807) is 19.1 Å². The first-order valence-corrected chi connectivity index (χ1v) is 6.89. The molecule has 0 heterocycles. The van der Waals surface area contributed by atoms with Gasteiger partial charge in [-0.25, -0.2) is 8.78 Å². The van der Waals surface area contributed by atoms with Gasteiger partial charge in [-0.2, -0.15) is 0 Å². The molecular weight excluding hydrogens is 274 g/mol. The normalized spacial score (nSPS) is 12.2. The predicted octanol–water partition coefficient (Wildman–Crippen LogP) is 3.86. The molecule has 0 saturated heterocycles. The minimum atomic E-state index is -0.871. The van der Waals surface area contributed by atoms with Crippen LogP contribution < -0.4 is 4.74 Å². The average Bonchev–Trinajstić information content (AvgIpc) is 2.48. The van der Waals surface area contributed by atoms with Crippen LogP contribution in [-0.4, -0.2) is 11.2 Å². The van der Waals surface area contributed by atoms with E-state index in [4.69, 9.17) is 4.74 Å². The molecule has 0 radical (unpaired) electrons. The van der Waals surface area contributed by atoms with Gasteiger partial charge in [0.25, 0.3) is 0 Å². The van der Waals surface area contributed by atoms with Gasteiger partial charge >= 0.3 is 0 Å². The topological polar surface area (TPSA) is 29.5 Å². The molecule has 2 rings (SSSR count). The summed E-state index contributed by atoms with van der Waals surface area (Å²) in [5, 5.41) is 9.24. The summed E-state index contributed by atoms with van der Waals surface area (Å²) in [5.41, 5.74) is 1.29. The number of rotatable bonds is 6. The van der Waals surface area contributed by atoms with Crippen molar-refractivity contribution < 1.29 is 18.6 Å². The molecule has 0 fully saturated rings. The van der Waals surface area contributed by atoms with Gasteiger partial charge in [-0.1, -0.05) is 24.3 Å². The van der Waals surface area contributed by atoms with Crippen LogP contribution in [0.4, 0.5) is 8.78 Å². The summed E-state index contributed by atoms with van der Waals surface area (Å²) < 4.78 is 32.0. The summed E-state index contributed by atoms with van der Waals surface area (Å²) in [7, 11) is 0. The van der Waals surface area contributed by atoms with Crippen LogP contribution >= 0.6 is 0 Å². The highest BCUT2D eigenvalue weighted by Gasteiger charge is 2.08. The molecule has 0 aliphatic carbocycles. The van der Waals surface area contributed by atoms with Crippen LogP contribution in [0, 0.1) is 11.6 Å². The zero-order chi connectivity index (χ0) is 15.2. The Morgan fingerprint density at radius 3 is 2.48 bits per heavy atom. The fourth-order valence-electron chi connectivity index (χ4n) is 1.95. The van der Waals surface area contributed by atoms with Crippen molar-refractivity contribution in [3.8, 4) is 5.75 Å². The summed E-state index contributed by atoms with van der Waals surface area (Å²) >= 11 is 0. The molecule has 2 aromatic rings. The van der Waals surface area contributed by atoms with E-state index >= 15 is 0 Å². The first-order valence-electron chi connectivity index (χ1n) is 6.89. The molecule has 0 bridgehead atoms. The van der Waals surface area contributed by atoms with E-state index in [1.165, 1.54) is 12.1 Å². The number of benzene rings is 2. The first-order chi connectivity index (χ1) is 10.1. The van der Waals surface area contributed by atoms with Gasteiger partial charge in [0, 0.05) is 5.56 Å². The van der Waals surface area contributed by atoms with Crippen LogP contribution in [0.3, 0.4) is 0 Å². The van der Waals surface area contributed by atoms with E-state index in [1.807, 2.05) is 12.1 Å². The lowest BCUT2D eigenvalue weighted by Crippen LogP contribution is -2.02. The van der Waals surface area contributed by atoms with E-state index in [9.17, 15) is 13.9 Å². The number of hydrogen-bond donors (Lipinski definition) is 1. The Kier molecular flexibility index (Phi) is 5.28. The van der Waals surface area contributed by atoms with Crippen LogP contribution in [0.2, 0.25) is 0 Å². The second-order valence-electron chi connectivity index (χ2n) is 5.03. The SMILES string of the molecule is CC(O)CCc1ccc(OCc2cccc(F)c2F)cc1. The highest BCUT2D eigenvalue weighted by atomic mass is 19.2. The Hall–Kier alpha value is -1.94. The molecule has 0 aromatic heterocycles. The largest absolute Gasteiger partial charge is 0.489 e. The molecule has 0 aliphatic rings. The molecule has 0 saturated carbocycles. The first kappa shape index (κ1) is 15.4. The summed E-state index contributed by atoms with van der Waals surface area (Å²) in [6.07, 6.45) is 1.17. The predicted molar refractivity (Wildman–Crippen MR) is 77.1 cm³/mol. The van der Waals surface area contributed by atoms with Crippen LogP contribution in [-0.2, 0) is 13.0 Å². The van der Waals surface area contributed by atoms with Crippen molar-refractivity contribution in [3.05, 3.63) is 65.2 Å². The van der Waals surface area contributed by atoms with Crippen LogP contribution in [0.25, 0.3) is 0 Å². The van der Waals surface area contributed by atoms with Crippen LogP contribution in [0.5, 0.6) is 5.75 Å². The molecule has 2 aromatic carbocycles. The number of halogens is 2. The molecule has 4 heteroatoms. The zero-order valence-corrected chi connectivity index (χ0v) is 11.9. The Morgan fingerprint density at radius 2 is 1.81 bits per heavy atom. The monoisotopic (exact) mass is 292 g/mol. The van der Waals surface area contributed by atoms with Crippen molar-refractivity contribution in [1.29, 1.82) is 0 Å². The molecule has 0 spiro atoms. The van der Waals surface area contributed by atoms with E-state index < -0.39 is 11.6 Å². The number of aliphatic hydroxyl groups is 1. The fourth-order valence-corrected chi connectivity index (χ4v) is 1.95. The molecule has 0 amide bonds. The Morgan fingerprint density at radius 1 is 1.10 bits per heavy atom. The van der Waals surface area contributed by atoms with Crippen molar-refractivity contribution >= 4 is 0 Å². The van der Waals surface area contributed by atoms with Crippen molar-refractivity contribution in [2.45, 2.75) is 32.5 Å². The lowest BCUT2D eigenvalue weighted by Gasteiger charge is -2.09. The van der Waals surface area contributed by atoms with Gasteiger partial charge < -0.3 is 9.84 Å². The Balaban J connectivity index is 1.93. The maximum absolute atomic E-state index is 13.5. The molecule has 1 atom stereocenters. The summed E-state index contributed by atoms with van der Waals surface area (Å²) in [6, 6.07) is 11.4. The fraction of sp³-hybridized carbons (Fsp3) is 0.294. The average molecular weight is 292 g/mol. The number of hydrogen-bond acceptors (Lipinski definition) is 2. The second-order valence-corrected chi connectivity index (χ2v) is 5.03. The molecule has 2 nitrogen and oxygen atoms in total. The molecule has 21 heavy (non-hydrogen) atoms. The maximum Gasteiger partial charge on any atom is 0.165 e. The number of aryl methyl sites for hydroxylation is 1. The minimum Gasteiger partial charge on any atom is -0.489 e. The van der Waals surface area contributed by atoms with Crippen molar-refractivity contribution in [1.82, 2.24) is 0 Å². The summed E-state index contributed by atoms with van der Waals surface area (Å²) in [4.78, 5) is 0. The number of aliphatic hydroxyl groups excluding tert-OH is 1. The molecule has 1 unspecified atom stereocenters. The van der Waals surface area contributed by atoms with Crippen LogP contribution in [0.1, 0.15) is 24.5 Å². The van der Waals surface area contributed by atoms with Crippen molar-refractivity contribution in [2.24, 2.45) is 0 Å². The van der Waals surface area contributed by atoms with E-state index in [2.05, 4.69) is 0 Å². The third kappa shape index (κ3) is 4.53. The Bertz CT molecular complexity index is 580.